The molecule has 0 radical (unpaired) electrons. The molecule has 0 saturated carbocycles. The molecule has 0 aromatic heterocycles. The van der Waals surface area contributed by atoms with Gasteiger partial charge in [0, 0.05) is 11.6 Å². The minimum Gasteiger partial charge on any atom is -0.504 e. The summed E-state index contributed by atoms with van der Waals surface area (Å²) in [6.07, 6.45) is 0.968. The average molecular weight is 397 g/mol. The number of aryl methyl sites for hydroxylation is 1. The SMILES string of the molecule is COc1cc([N+](=O)[O-])cc(/C=C2/C(=O)NC(=O)N(c3ccc(C)cc3)C2=O)c1O. The van der Waals surface area contributed by atoms with Crippen LogP contribution in [0.5, 0.6) is 11.5 Å². The van der Waals surface area contributed by atoms with E-state index in [1.165, 1.54) is 19.2 Å². The van der Waals surface area contributed by atoms with Crippen LogP contribution in [0.15, 0.2) is 42.0 Å². The highest BCUT2D eigenvalue weighted by Crippen LogP contribution is 2.36. The lowest BCUT2D eigenvalue weighted by Gasteiger charge is -2.26. The highest BCUT2D eigenvalue weighted by Gasteiger charge is 2.37. The van der Waals surface area contributed by atoms with Crippen LogP contribution in [0.4, 0.5) is 16.2 Å². The standard InChI is InChI=1S/C19H15N3O7/c1-10-3-5-12(6-4-10)21-18(25)14(17(24)20-19(21)26)8-11-7-13(22(27)28)9-15(29-2)16(11)23/h3-9,23H,1-2H3,(H,20,24,26)/b14-8-. The normalized spacial score (nSPS) is 15.4. The highest BCUT2D eigenvalue weighted by molar-refractivity contribution is 6.39. The van der Waals surface area contributed by atoms with Crippen molar-refractivity contribution in [2.45, 2.75) is 6.92 Å². The molecule has 1 aliphatic heterocycles. The maximum atomic E-state index is 12.8. The van der Waals surface area contributed by atoms with Crippen molar-refractivity contribution in [1.82, 2.24) is 5.32 Å². The number of imide groups is 2. The zero-order valence-corrected chi connectivity index (χ0v) is 15.3. The average Bonchev–Trinajstić information content (AvgIpc) is 2.67. The molecule has 3 rings (SSSR count). The van der Waals surface area contributed by atoms with Gasteiger partial charge in [0.1, 0.15) is 5.57 Å². The summed E-state index contributed by atoms with van der Waals surface area (Å²) in [5.74, 6) is -2.63. The number of carbonyl (C=O) groups excluding carboxylic acids is 3. The molecule has 29 heavy (non-hydrogen) atoms. The molecule has 10 nitrogen and oxygen atoms in total. The summed E-state index contributed by atoms with van der Waals surface area (Å²) in [5, 5.41) is 23.4. The molecular formula is C19H15N3O7. The van der Waals surface area contributed by atoms with Gasteiger partial charge in [-0.2, -0.15) is 0 Å². The molecule has 2 aromatic carbocycles. The largest absolute Gasteiger partial charge is 0.504 e. The molecule has 0 unspecified atom stereocenters. The Hall–Kier alpha value is -4.21. The first kappa shape index (κ1) is 19.5. The van der Waals surface area contributed by atoms with Gasteiger partial charge in [0.2, 0.25) is 0 Å². The van der Waals surface area contributed by atoms with Crippen LogP contribution >= 0.6 is 0 Å². The summed E-state index contributed by atoms with van der Waals surface area (Å²) in [6, 6.07) is 7.50. The van der Waals surface area contributed by atoms with E-state index in [9.17, 15) is 29.6 Å². The van der Waals surface area contributed by atoms with E-state index in [1.54, 1.807) is 12.1 Å². The van der Waals surface area contributed by atoms with Gasteiger partial charge in [-0.05, 0) is 25.1 Å². The van der Waals surface area contributed by atoms with Crippen LogP contribution in [-0.2, 0) is 9.59 Å². The van der Waals surface area contributed by atoms with Gasteiger partial charge in [0.05, 0.1) is 23.8 Å². The summed E-state index contributed by atoms with van der Waals surface area (Å²) in [6.45, 7) is 1.83. The summed E-state index contributed by atoms with van der Waals surface area (Å²) < 4.78 is 4.90. The monoisotopic (exact) mass is 397 g/mol. The zero-order chi connectivity index (χ0) is 21.3. The fraction of sp³-hybridized carbons (Fsp3) is 0.105. The third-order valence-electron chi connectivity index (χ3n) is 4.21. The predicted octanol–water partition coefficient (Wildman–Crippen LogP) is 2.28. The number of nitro groups is 1. The quantitative estimate of drug-likeness (QED) is 0.349. The van der Waals surface area contributed by atoms with Gasteiger partial charge in [-0.15, -0.1) is 0 Å². The number of urea groups is 1. The van der Waals surface area contributed by atoms with E-state index in [4.69, 9.17) is 4.74 Å². The molecule has 4 amide bonds. The van der Waals surface area contributed by atoms with E-state index in [-0.39, 0.29) is 17.0 Å². The number of benzene rings is 2. The molecule has 0 spiro atoms. The number of anilines is 1. The molecule has 1 saturated heterocycles. The number of ether oxygens (including phenoxy) is 1. The van der Waals surface area contributed by atoms with E-state index >= 15 is 0 Å². The van der Waals surface area contributed by atoms with Gasteiger partial charge in [-0.3, -0.25) is 25.0 Å². The molecule has 2 N–H and O–H groups in total. The van der Waals surface area contributed by atoms with Crippen LogP contribution in [0.3, 0.4) is 0 Å². The van der Waals surface area contributed by atoms with Crippen molar-refractivity contribution in [3.05, 3.63) is 63.2 Å². The molecule has 1 fully saturated rings. The molecule has 10 heteroatoms. The Bertz CT molecular complexity index is 1070. The second-order valence-electron chi connectivity index (χ2n) is 6.14. The second-order valence-corrected chi connectivity index (χ2v) is 6.14. The van der Waals surface area contributed by atoms with Gasteiger partial charge >= 0.3 is 6.03 Å². The van der Waals surface area contributed by atoms with Crippen LogP contribution in [0.25, 0.3) is 6.08 Å². The smallest absolute Gasteiger partial charge is 0.335 e. The topological polar surface area (TPSA) is 139 Å². The number of non-ortho nitro benzene ring substituents is 1. The van der Waals surface area contributed by atoms with Crippen molar-refractivity contribution < 1.29 is 29.2 Å². The first-order valence-corrected chi connectivity index (χ1v) is 8.26. The van der Waals surface area contributed by atoms with Crippen molar-refractivity contribution >= 4 is 35.3 Å². The number of rotatable bonds is 4. The van der Waals surface area contributed by atoms with E-state index in [2.05, 4.69) is 0 Å². The van der Waals surface area contributed by atoms with Gasteiger partial charge in [-0.1, -0.05) is 17.7 Å². The van der Waals surface area contributed by atoms with Crippen molar-refractivity contribution in [3.8, 4) is 11.5 Å². The lowest BCUT2D eigenvalue weighted by molar-refractivity contribution is -0.385. The zero-order valence-electron chi connectivity index (χ0n) is 15.3. The number of aromatic hydroxyl groups is 1. The molecule has 0 bridgehead atoms. The fourth-order valence-electron chi connectivity index (χ4n) is 2.73. The summed E-state index contributed by atoms with van der Waals surface area (Å²) in [7, 11) is 1.20. The number of nitrogens with one attached hydrogen (secondary N) is 1. The number of nitrogens with zero attached hydrogens (tertiary/aromatic N) is 2. The molecule has 0 aliphatic carbocycles. The number of carbonyl (C=O) groups is 3. The van der Waals surface area contributed by atoms with Gasteiger partial charge in [0.25, 0.3) is 17.5 Å². The van der Waals surface area contributed by atoms with Crippen molar-refractivity contribution in [3.63, 3.8) is 0 Å². The van der Waals surface area contributed by atoms with Crippen molar-refractivity contribution in [1.29, 1.82) is 0 Å². The Labute approximate surface area is 164 Å². The third-order valence-corrected chi connectivity index (χ3v) is 4.21. The second kappa shape index (κ2) is 7.43. The molecule has 148 valence electrons. The summed E-state index contributed by atoms with van der Waals surface area (Å²) in [4.78, 5) is 48.4. The Morgan fingerprint density at radius 2 is 1.83 bits per heavy atom. The van der Waals surface area contributed by atoms with Crippen LogP contribution in [-0.4, -0.2) is 35.0 Å². The molecular weight excluding hydrogens is 382 g/mol. The number of phenolic OH excluding ortho intramolecular Hbond substituents is 1. The number of methoxy groups -OCH3 is 1. The van der Waals surface area contributed by atoms with Crippen LogP contribution in [0.1, 0.15) is 11.1 Å². The van der Waals surface area contributed by atoms with Crippen LogP contribution in [0.2, 0.25) is 0 Å². The van der Waals surface area contributed by atoms with Gasteiger partial charge < -0.3 is 9.84 Å². The number of phenols is 1. The van der Waals surface area contributed by atoms with Crippen LogP contribution < -0.4 is 15.0 Å². The highest BCUT2D eigenvalue weighted by atomic mass is 16.6. The summed E-state index contributed by atoms with van der Waals surface area (Å²) >= 11 is 0. The van der Waals surface area contributed by atoms with Crippen molar-refractivity contribution in [2.24, 2.45) is 0 Å². The predicted molar refractivity (Wildman–Crippen MR) is 101 cm³/mol. The Balaban J connectivity index is 2.11. The van der Waals surface area contributed by atoms with E-state index in [0.717, 1.165) is 28.7 Å². The fourth-order valence-corrected chi connectivity index (χ4v) is 2.73. The van der Waals surface area contributed by atoms with E-state index < -0.39 is 39.8 Å². The molecule has 1 aliphatic rings. The maximum Gasteiger partial charge on any atom is 0.335 e. The number of amides is 4. The Morgan fingerprint density at radius 3 is 2.41 bits per heavy atom. The van der Waals surface area contributed by atoms with Crippen molar-refractivity contribution in [2.75, 3.05) is 12.0 Å². The number of hydrogen-bond donors (Lipinski definition) is 2. The first-order chi connectivity index (χ1) is 13.7. The minimum atomic E-state index is -0.992. The number of nitro benzene ring substituents is 1. The number of barbiturate groups is 1. The lowest BCUT2D eigenvalue weighted by atomic mass is 10.0. The molecule has 2 aromatic rings. The van der Waals surface area contributed by atoms with E-state index in [0.29, 0.717) is 0 Å². The lowest BCUT2D eigenvalue weighted by Crippen LogP contribution is -2.54. The van der Waals surface area contributed by atoms with Crippen LogP contribution in [0, 0.1) is 17.0 Å². The first-order valence-electron chi connectivity index (χ1n) is 8.26. The summed E-state index contributed by atoms with van der Waals surface area (Å²) in [5.41, 5.74) is 0.0498. The molecule has 0 atom stereocenters. The van der Waals surface area contributed by atoms with E-state index in [1.807, 2.05) is 12.2 Å². The Kier molecular flexibility index (Phi) is 5.01. The Morgan fingerprint density at radius 1 is 1.17 bits per heavy atom. The van der Waals surface area contributed by atoms with Gasteiger partial charge in [-0.25, -0.2) is 9.69 Å². The van der Waals surface area contributed by atoms with Gasteiger partial charge in [0.15, 0.2) is 11.5 Å². The minimum absolute atomic E-state index is 0.187. The molecule has 1 heterocycles. The number of hydrogen-bond acceptors (Lipinski definition) is 7. The maximum absolute atomic E-state index is 12.8. The third kappa shape index (κ3) is 3.63.